The molecule has 0 aliphatic heterocycles. The Morgan fingerprint density at radius 3 is 2.42 bits per heavy atom. The van der Waals surface area contributed by atoms with Crippen LogP contribution in [0, 0.1) is 6.92 Å². The molecule has 0 bridgehead atoms. The van der Waals surface area contributed by atoms with E-state index in [-0.39, 0.29) is 0 Å². The molecule has 0 spiro atoms. The van der Waals surface area contributed by atoms with Gasteiger partial charge in [0.15, 0.2) is 5.11 Å². The van der Waals surface area contributed by atoms with Crippen LogP contribution in [0.1, 0.15) is 18.1 Å². The van der Waals surface area contributed by atoms with Crippen LogP contribution < -0.4 is 15.4 Å². The average molecular weight is 366 g/mol. The van der Waals surface area contributed by atoms with Crippen LogP contribution in [-0.4, -0.2) is 21.5 Å². The van der Waals surface area contributed by atoms with E-state index in [1.165, 1.54) is 11.1 Å². The quantitative estimate of drug-likeness (QED) is 0.631. The minimum absolute atomic E-state index is 0.518. The van der Waals surface area contributed by atoms with Crippen molar-refractivity contribution in [1.82, 2.24) is 9.78 Å². The van der Waals surface area contributed by atoms with Crippen molar-refractivity contribution in [2.24, 2.45) is 0 Å². The first-order chi connectivity index (χ1) is 12.6. The summed E-state index contributed by atoms with van der Waals surface area (Å²) in [5, 5.41) is 11.2. The third-order valence-corrected chi connectivity index (χ3v) is 3.98. The zero-order valence-corrected chi connectivity index (χ0v) is 15.7. The standard InChI is InChI=1S/C20H22N4OS/c1-3-25-19-10-8-17(9-11-19)22-20(26)23-18-12-21-24(14-18)13-16-6-4-15(2)5-7-16/h4-12,14H,3,13H2,1-2H3,(H2,22,23,26). The summed E-state index contributed by atoms with van der Waals surface area (Å²) < 4.78 is 7.31. The number of thiocarbonyl (C=S) groups is 1. The summed E-state index contributed by atoms with van der Waals surface area (Å²) in [4.78, 5) is 0. The normalized spacial score (nSPS) is 10.4. The van der Waals surface area contributed by atoms with E-state index in [0.29, 0.717) is 11.7 Å². The summed E-state index contributed by atoms with van der Waals surface area (Å²) in [6.07, 6.45) is 3.70. The molecule has 0 aliphatic carbocycles. The number of ether oxygens (including phenoxy) is 1. The number of benzene rings is 2. The van der Waals surface area contributed by atoms with Crippen LogP contribution >= 0.6 is 12.2 Å². The fourth-order valence-electron chi connectivity index (χ4n) is 2.49. The summed E-state index contributed by atoms with van der Waals surface area (Å²) in [5.41, 5.74) is 4.21. The molecule has 1 aromatic heterocycles. The highest BCUT2D eigenvalue weighted by Gasteiger charge is 2.03. The van der Waals surface area contributed by atoms with Gasteiger partial charge in [0.2, 0.25) is 0 Å². The zero-order valence-electron chi connectivity index (χ0n) is 14.9. The Kier molecular flexibility index (Phi) is 5.86. The van der Waals surface area contributed by atoms with Gasteiger partial charge in [-0.25, -0.2) is 0 Å². The van der Waals surface area contributed by atoms with Gasteiger partial charge in [0.25, 0.3) is 0 Å². The number of hydrogen-bond donors (Lipinski definition) is 2. The molecule has 3 rings (SSSR count). The fourth-order valence-corrected chi connectivity index (χ4v) is 2.73. The molecule has 0 amide bonds. The van der Waals surface area contributed by atoms with Gasteiger partial charge < -0.3 is 15.4 Å². The maximum atomic E-state index is 5.43. The van der Waals surface area contributed by atoms with E-state index in [4.69, 9.17) is 17.0 Å². The van der Waals surface area contributed by atoms with Gasteiger partial charge in [0.1, 0.15) is 5.75 Å². The van der Waals surface area contributed by atoms with Gasteiger partial charge in [-0.15, -0.1) is 0 Å². The Morgan fingerprint density at radius 1 is 1.04 bits per heavy atom. The molecule has 26 heavy (non-hydrogen) atoms. The van der Waals surface area contributed by atoms with E-state index < -0.39 is 0 Å². The molecule has 0 saturated carbocycles. The molecule has 1 heterocycles. The van der Waals surface area contributed by atoms with E-state index in [9.17, 15) is 0 Å². The minimum atomic E-state index is 0.518. The smallest absolute Gasteiger partial charge is 0.175 e. The Labute approximate surface area is 159 Å². The SMILES string of the molecule is CCOc1ccc(NC(=S)Nc2cnn(Cc3ccc(C)cc3)c2)cc1. The number of nitrogens with zero attached hydrogens (tertiary/aromatic N) is 2. The van der Waals surface area contributed by atoms with E-state index in [2.05, 4.69) is 46.9 Å². The summed E-state index contributed by atoms with van der Waals surface area (Å²) in [5.74, 6) is 0.842. The number of hydrogen-bond acceptors (Lipinski definition) is 3. The predicted octanol–water partition coefficient (Wildman–Crippen LogP) is 4.45. The highest BCUT2D eigenvalue weighted by atomic mass is 32.1. The van der Waals surface area contributed by atoms with Crippen LogP contribution in [0.5, 0.6) is 5.75 Å². The first-order valence-electron chi connectivity index (χ1n) is 8.51. The summed E-state index contributed by atoms with van der Waals surface area (Å²) >= 11 is 5.36. The van der Waals surface area contributed by atoms with Crippen molar-refractivity contribution in [1.29, 1.82) is 0 Å². The highest BCUT2D eigenvalue weighted by Crippen LogP contribution is 2.16. The van der Waals surface area contributed by atoms with Gasteiger partial charge in [0, 0.05) is 11.9 Å². The summed E-state index contributed by atoms with van der Waals surface area (Å²) in [7, 11) is 0. The molecule has 0 aliphatic rings. The van der Waals surface area contributed by atoms with E-state index in [0.717, 1.165) is 23.7 Å². The molecule has 2 N–H and O–H groups in total. The molecule has 0 unspecified atom stereocenters. The molecule has 0 fully saturated rings. The van der Waals surface area contributed by atoms with Gasteiger partial charge in [-0.05, 0) is 55.9 Å². The zero-order chi connectivity index (χ0) is 18.4. The van der Waals surface area contributed by atoms with Crippen LogP contribution in [0.15, 0.2) is 60.9 Å². The second-order valence-electron chi connectivity index (χ2n) is 5.95. The first-order valence-corrected chi connectivity index (χ1v) is 8.92. The Bertz CT molecular complexity index is 856. The van der Waals surface area contributed by atoms with Gasteiger partial charge in [-0.3, -0.25) is 4.68 Å². The van der Waals surface area contributed by atoms with Crippen molar-refractivity contribution in [2.75, 3.05) is 17.2 Å². The fraction of sp³-hybridized carbons (Fsp3) is 0.200. The summed E-state index contributed by atoms with van der Waals surface area (Å²) in [6, 6.07) is 16.1. The monoisotopic (exact) mass is 366 g/mol. The number of aromatic nitrogens is 2. The van der Waals surface area contributed by atoms with Crippen LogP contribution in [0.3, 0.4) is 0 Å². The Hall–Kier alpha value is -2.86. The predicted molar refractivity (Wildman–Crippen MR) is 110 cm³/mol. The number of nitrogens with one attached hydrogen (secondary N) is 2. The number of anilines is 2. The van der Waals surface area contributed by atoms with Crippen molar-refractivity contribution < 1.29 is 4.74 Å². The third kappa shape index (κ3) is 5.07. The van der Waals surface area contributed by atoms with E-state index in [1.54, 1.807) is 6.20 Å². The van der Waals surface area contributed by atoms with Gasteiger partial charge >= 0.3 is 0 Å². The molecule has 0 radical (unpaired) electrons. The summed E-state index contributed by atoms with van der Waals surface area (Å²) in [6.45, 7) is 5.42. The van der Waals surface area contributed by atoms with Crippen molar-refractivity contribution in [3.63, 3.8) is 0 Å². The largest absolute Gasteiger partial charge is 0.494 e. The van der Waals surface area contributed by atoms with Crippen molar-refractivity contribution in [3.05, 3.63) is 72.1 Å². The van der Waals surface area contributed by atoms with Crippen LogP contribution in [0.2, 0.25) is 0 Å². The second kappa shape index (κ2) is 8.49. The first kappa shape index (κ1) is 17.9. The average Bonchev–Trinajstić information content (AvgIpc) is 3.05. The van der Waals surface area contributed by atoms with Crippen molar-refractivity contribution in [2.45, 2.75) is 20.4 Å². The van der Waals surface area contributed by atoms with Gasteiger partial charge in [-0.1, -0.05) is 29.8 Å². The molecule has 2 aromatic carbocycles. The second-order valence-corrected chi connectivity index (χ2v) is 6.36. The maximum absolute atomic E-state index is 5.43. The number of aryl methyl sites for hydroxylation is 1. The van der Waals surface area contributed by atoms with Crippen molar-refractivity contribution >= 4 is 28.7 Å². The molecule has 0 atom stereocenters. The lowest BCUT2D eigenvalue weighted by atomic mass is 10.1. The van der Waals surface area contributed by atoms with E-state index >= 15 is 0 Å². The topological polar surface area (TPSA) is 51.1 Å². The molecule has 0 saturated heterocycles. The molecule has 134 valence electrons. The molecule has 3 aromatic rings. The van der Waals surface area contributed by atoms with Gasteiger partial charge in [-0.2, -0.15) is 5.10 Å². The lowest BCUT2D eigenvalue weighted by Gasteiger charge is -2.10. The Morgan fingerprint density at radius 2 is 1.73 bits per heavy atom. The lowest BCUT2D eigenvalue weighted by Crippen LogP contribution is -2.18. The minimum Gasteiger partial charge on any atom is -0.494 e. The molecule has 6 heteroatoms. The molecule has 5 nitrogen and oxygen atoms in total. The van der Waals surface area contributed by atoms with Crippen LogP contribution in [-0.2, 0) is 6.54 Å². The lowest BCUT2D eigenvalue weighted by molar-refractivity contribution is 0.340. The number of rotatable bonds is 6. The van der Waals surface area contributed by atoms with Gasteiger partial charge in [0.05, 0.1) is 25.0 Å². The Balaban J connectivity index is 1.54. The van der Waals surface area contributed by atoms with Crippen LogP contribution in [0.4, 0.5) is 11.4 Å². The van der Waals surface area contributed by atoms with Crippen molar-refractivity contribution in [3.8, 4) is 5.75 Å². The molecular formula is C20H22N4OS. The molecular weight excluding hydrogens is 344 g/mol. The van der Waals surface area contributed by atoms with Crippen LogP contribution in [0.25, 0.3) is 0 Å². The maximum Gasteiger partial charge on any atom is 0.175 e. The third-order valence-electron chi connectivity index (χ3n) is 3.78. The van der Waals surface area contributed by atoms with E-state index in [1.807, 2.05) is 42.1 Å². The highest BCUT2D eigenvalue weighted by molar-refractivity contribution is 7.80.